The van der Waals surface area contributed by atoms with Crippen LogP contribution in [0.3, 0.4) is 0 Å². The van der Waals surface area contributed by atoms with Crippen LogP contribution in [0, 0.1) is 0 Å². The molecule has 1 fully saturated rings. The molecule has 1 aromatic rings. The standard InChI is InChI=1S/C19H25N3O4/c1-4-25-18(23)17-14(7-8-22(2)3)15-10-12(5-6-16(15)21-17)9-13-11-26-19(24)20-13/h5-6,10,13-14H,4,7-9,11H2,1-3H3,(H,20,24). The average molecular weight is 359 g/mol. The van der Waals surface area contributed by atoms with Gasteiger partial charge in [0.05, 0.1) is 18.3 Å². The zero-order valence-corrected chi connectivity index (χ0v) is 15.4. The fourth-order valence-corrected chi connectivity index (χ4v) is 3.36. The van der Waals surface area contributed by atoms with Crippen LogP contribution in [-0.4, -0.2) is 62.6 Å². The number of fused-ring (bicyclic) bond motifs is 1. The smallest absolute Gasteiger partial charge is 0.407 e. The molecule has 26 heavy (non-hydrogen) atoms. The van der Waals surface area contributed by atoms with Gasteiger partial charge in [0.25, 0.3) is 0 Å². The number of nitrogens with one attached hydrogen (secondary N) is 1. The Labute approximate surface area is 153 Å². The first-order valence-corrected chi connectivity index (χ1v) is 8.94. The Hall–Kier alpha value is -2.41. The molecule has 1 N–H and O–H groups in total. The number of rotatable bonds is 7. The number of nitrogens with zero attached hydrogens (tertiary/aromatic N) is 2. The fraction of sp³-hybridized carbons (Fsp3) is 0.526. The number of hydrogen-bond acceptors (Lipinski definition) is 6. The highest BCUT2D eigenvalue weighted by Crippen LogP contribution is 2.38. The molecule has 2 aliphatic rings. The molecule has 1 amide bonds. The Morgan fingerprint density at radius 2 is 2.23 bits per heavy atom. The highest BCUT2D eigenvalue weighted by atomic mass is 16.6. The van der Waals surface area contributed by atoms with Gasteiger partial charge in [-0.05, 0) is 57.6 Å². The highest BCUT2D eigenvalue weighted by molar-refractivity contribution is 6.40. The van der Waals surface area contributed by atoms with Crippen LogP contribution in [0.15, 0.2) is 23.2 Å². The molecule has 2 aliphatic heterocycles. The van der Waals surface area contributed by atoms with E-state index in [0.29, 0.717) is 25.3 Å². The molecule has 7 nitrogen and oxygen atoms in total. The topological polar surface area (TPSA) is 80.2 Å². The van der Waals surface area contributed by atoms with E-state index >= 15 is 0 Å². The molecule has 2 atom stereocenters. The van der Waals surface area contributed by atoms with Crippen LogP contribution in [0.2, 0.25) is 0 Å². The third-order valence-electron chi connectivity index (χ3n) is 4.61. The summed E-state index contributed by atoms with van der Waals surface area (Å²) in [6.07, 6.45) is 1.12. The molecule has 7 heteroatoms. The van der Waals surface area contributed by atoms with Crippen LogP contribution in [0.1, 0.15) is 30.4 Å². The molecule has 0 aromatic heterocycles. The Kier molecular flexibility index (Phi) is 5.56. The van der Waals surface area contributed by atoms with Crippen molar-refractivity contribution in [1.82, 2.24) is 10.2 Å². The maximum atomic E-state index is 12.3. The van der Waals surface area contributed by atoms with E-state index in [1.54, 1.807) is 6.92 Å². The fourth-order valence-electron chi connectivity index (χ4n) is 3.36. The molecule has 0 aliphatic carbocycles. The van der Waals surface area contributed by atoms with Crippen molar-refractivity contribution in [1.29, 1.82) is 0 Å². The van der Waals surface area contributed by atoms with Gasteiger partial charge in [0.1, 0.15) is 12.3 Å². The molecular weight excluding hydrogens is 334 g/mol. The summed E-state index contributed by atoms with van der Waals surface area (Å²) in [6.45, 7) is 3.36. The lowest BCUT2D eigenvalue weighted by Gasteiger charge is -2.18. The van der Waals surface area contributed by atoms with Crippen LogP contribution < -0.4 is 5.32 Å². The van der Waals surface area contributed by atoms with Crippen molar-refractivity contribution in [2.75, 3.05) is 33.9 Å². The predicted molar refractivity (Wildman–Crippen MR) is 98.1 cm³/mol. The van der Waals surface area contributed by atoms with Gasteiger partial charge in [-0.15, -0.1) is 0 Å². The van der Waals surface area contributed by atoms with E-state index in [1.165, 1.54) is 0 Å². The molecule has 1 aromatic carbocycles. The maximum absolute atomic E-state index is 12.3. The van der Waals surface area contributed by atoms with E-state index < -0.39 is 0 Å². The van der Waals surface area contributed by atoms with Crippen molar-refractivity contribution in [2.24, 2.45) is 4.99 Å². The largest absolute Gasteiger partial charge is 0.461 e. The Balaban J connectivity index is 1.81. The highest BCUT2D eigenvalue weighted by Gasteiger charge is 2.33. The first-order chi connectivity index (χ1) is 12.5. The molecule has 1 saturated heterocycles. The molecule has 0 saturated carbocycles. The van der Waals surface area contributed by atoms with Crippen LogP contribution in [0.25, 0.3) is 0 Å². The lowest BCUT2D eigenvalue weighted by Crippen LogP contribution is -2.28. The van der Waals surface area contributed by atoms with E-state index in [0.717, 1.165) is 29.8 Å². The lowest BCUT2D eigenvalue weighted by molar-refractivity contribution is -0.135. The summed E-state index contributed by atoms with van der Waals surface area (Å²) in [6, 6.07) is 6.00. The van der Waals surface area contributed by atoms with Gasteiger partial charge in [-0.2, -0.15) is 0 Å². The number of ether oxygens (including phenoxy) is 2. The van der Waals surface area contributed by atoms with Gasteiger partial charge >= 0.3 is 12.1 Å². The van der Waals surface area contributed by atoms with Crippen molar-refractivity contribution in [3.8, 4) is 0 Å². The minimum Gasteiger partial charge on any atom is -0.461 e. The second-order valence-electron chi connectivity index (χ2n) is 6.90. The zero-order chi connectivity index (χ0) is 18.7. The summed E-state index contributed by atoms with van der Waals surface area (Å²) in [7, 11) is 4.02. The number of hydrogen-bond donors (Lipinski definition) is 1. The quantitative estimate of drug-likeness (QED) is 0.754. The monoisotopic (exact) mass is 359 g/mol. The van der Waals surface area contributed by atoms with Crippen molar-refractivity contribution in [2.45, 2.75) is 31.7 Å². The van der Waals surface area contributed by atoms with Crippen LogP contribution >= 0.6 is 0 Å². The van der Waals surface area contributed by atoms with E-state index in [1.807, 2.05) is 26.2 Å². The molecule has 2 heterocycles. The molecule has 0 spiro atoms. The zero-order valence-electron chi connectivity index (χ0n) is 15.4. The number of carbonyl (C=O) groups excluding carboxylic acids is 2. The van der Waals surface area contributed by atoms with Gasteiger partial charge in [0, 0.05) is 5.92 Å². The van der Waals surface area contributed by atoms with Gasteiger partial charge in [-0.3, -0.25) is 0 Å². The summed E-state index contributed by atoms with van der Waals surface area (Å²) in [5.41, 5.74) is 3.46. The maximum Gasteiger partial charge on any atom is 0.407 e. The second kappa shape index (κ2) is 7.86. The van der Waals surface area contributed by atoms with Crippen molar-refractivity contribution >= 4 is 23.5 Å². The number of esters is 1. The molecular formula is C19H25N3O4. The number of benzene rings is 1. The number of carbonyl (C=O) groups is 2. The first kappa shape index (κ1) is 18.4. The van der Waals surface area contributed by atoms with Gasteiger partial charge in [-0.25, -0.2) is 14.6 Å². The summed E-state index contributed by atoms with van der Waals surface area (Å²) in [5.74, 6) is -0.411. The van der Waals surface area contributed by atoms with E-state index in [-0.39, 0.29) is 24.0 Å². The van der Waals surface area contributed by atoms with Gasteiger partial charge in [-0.1, -0.05) is 12.1 Å². The Morgan fingerprint density at radius 1 is 1.42 bits per heavy atom. The minimum absolute atomic E-state index is 0.0207. The Bertz CT molecular complexity index is 729. The molecule has 140 valence electrons. The second-order valence-corrected chi connectivity index (χ2v) is 6.90. The van der Waals surface area contributed by atoms with E-state index in [2.05, 4.69) is 21.3 Å². The third kappa shape index (κ3) is 4.04. The van der Waals surface area contributed by atoms with E-state index in [4.69, 9.17) is 9.47 Å². The van der Waals surface area contributed by atoms with Crippen LogP contribution in [0.4, 0.5) is 10.5 Å². The SMILES string of the molecule is CCOC(=O)C1=Nc2ccc(CC3COC(=O)N3)cc2C1CCN(C)C. The van der Waals surface area contributed by atoms with Crippen molar-refractivity contribution < 1.29 is 19.1 Å². The van der Waals surface area contributed by atoms with Gasteiger partial charge in [0.2, 0.25) is 0 Å². The molecule has 0 radical (unpaired) electrons. The minimum atomic E-state index is -0.368. The van der Waals surface area contributed by atoms with Gasteiger partial charge < -0.3 is 19.7 Å². The predicted octanol–water partition coefficient (Wildman–Crippen LogP) is 2.02. The average Bonchev–Trinajstić information content (AvgIpc) is 3.16. The summed E-state index contributed by atoms with van der Waals surface area (Å²) in [4.78, 5) is 30.2. The Morgan fingerprint density at radius 3 is 2.88 bits per heavy atom. The third-order valence-corrected chi connectivity index (χ3v) is 4.61. The first-order valence-electron chi connectivity index (χ1n) is 8.94. The van der Waals surface area contributed by atoms with E-state index in [9.17, 15) is 9.59 Å². The van der Waals surface area contributed by atoms with Crippen molar-refractivity contribution in [3.05, 3.63) is 29.3 Å². The number of aliphatic imine (C=N–C) groups is 1. The van der Waals surface area contributed by atoms with Crippen LogP contribution in [-0.2, 0) is 20.7 Å². The van der Waals surface area contributed by atoms with Crippen LogP contribution in [0.5, 0.6) is 0 Å². The lowest BCUT2D eigenvalue weighted by atomic mass is 9.90. The summed E-state index contributed by atoms with van der Waals surface area (Å²) >= 11 is 0. The normalized spacial score (nSPS) is 21.2. The number of cyclic esters (lactones) is 1. The number of alkyl carbamates (subject to hydrolysis) is 1. The molecule has 0 bridgehead atoms. The molecule has 2 unspecified atom stereocenters. The molecule has 3 rings (SSSR count). The van der Waals surface area contributed by atoms with Gasteiger partial charge in [0.15, 0.2) is 0 Å². The summed E-state index contributed by atoms with van der Waals surface area (Å²) < 4.78 is 10.1. The summed E-state index contributed by atoms with van der Waals surface area (Å²) in [5, 5.41) is 2.79. The van der Waals surface area contributed by atoms with Crippen molar-refractivity contribution in [3.63, 3.8) is 0 Å². The number of amides is 1.